The van der Waals surface area contributed by atoms with Crippen LogP contribution in [0.5, 0.6) is 0 Å². The summed E-state index contributed by atoms with van der Waals surface area (Å²) in [6.45, 7) is 9.22. The monoisotopic (exact) mass is 243 g/mol. The highest BCUT2D eigenvalue weighted by atomic mass is 15.1. The molecule has 0 saturated heterocycles. The molecule has 17 heavy (non-hydrogen) atoms. The van der Waals surface area contributed by atoms with Gasteiger partial charge in [-0.05, 0) is 59.9 Å². The normalized spacial score (nSPS) is 13.6. The van der Waals surface area contributed by atoms with Gasteiger partial charge in [0.1, 0.15) is 0 Å². The predicted octanol–water partition coefficient (Wildman–Crippen LogP) is 2.04. The molecule has 0 spiro atoms. The highest BCUT2D eigenvalue weighted by Gasteiger charge is 2.05. The second kappa shape index (κ2) is 11.0. The van der Waals surface area contributed by atoms with Gasteiger partial charge in [-0.25, -0.2) is 0 Å². The smallest absolute Gasteiger partial charge is 0.0106 e. The topological polar surface area (TPSA) is 18.5 Å². The molecule has 0 aliphatic rings. The summed E-state index contributed by atoms with van der Waals surface area (Å²) in [4.78, 5) is 4.68. The number of hydrogen-bond acceptors (Lipinski definition) is 3. The molecule has 0 aromatic heterocycles. The molecule has 3 heteroatoms. The van der Waals surface area contributed by atoms with Crippen LogP contribution in [0.4, 0.5) is 0 Å². The summed E-state index contributed by atoms with van der Waals surface area (Å²) in [6.07, 6.45) is 5.10. The van der Waals surface area contributed by atoms with Gasteiger partial charge in [0.05, 0.1) is 0 Å². The summed E-state index contributed by atoms with van der Waals surface area (Å²) in [5.74, 6) is 0. The van der Waals surface area contributed by atoms with Gasteiger partial charge in [0, 0.05) is 19.1 Å². The summed E-state index contributed by atoms with van der Waals surface area (Å²) >= 11 is 0. The van der Waals surface area contributed by atoms with E-state index in [1.54, 1.807) is 0 Å². The molecule has 0 aliphatic heterocycles. The molecule has 1 unspecified atom stereocenters. The third-order valence-corrected chi connectivity index (χ3v) is 3.20. The fourth-order valence-corrected chi connectivity index (χ4v) is 1.89. The van der Waals surface area contributed by atoms with Crippen LogP contribution in [-0.4, -0.2) is 63.2 Å². The van der Waals surface area contributed by atoms with Crippen molar-refractivity contribution >= 4 is 0 Å². The maximum atomic E-state index is 3.62. The van der Waals surface area contributed by atoms with E-state index in [0.29, 0.717) is 0 Å². The van der Waals surface area contributed by atoms with Gasteiger partial charge in [0.25, 0.3) is 0 Å². The van der Waals surface area contributed by atoms with Gasteiger partial charge in [0.15, 0.2) is 0 Å². The molecular formula is C14H33N3. The average Bonchev–Trinajstić information content (AvgIpc) is 2.30. The van der Waals surface area contributed by atoms with Crippen molar-refractivity contribution in [3.05, 3.63) is 0 Å². The van der Waals surface area contributed by atoms with Crippen molar-refractivity contribution in [2.45, 2.75) is 45.6 Å². The Balaban J connectivity index is 3.51. The van der Waals surface area contributed by atoms with E-state index in [-0.39, 0.29) is 0 Å². The van der Waals surface area contributed by atoms with Crippen molar-refractivity contribution in [2.24, 2.45) is 0 Å². The molecular weight excluding hydrogens is 210 g/mol. The minimum Gasteiger partial charge on any atom is -0.314 e. The molecule has 1 N–H and O–H groups in total. The lowest BCUT2D eigenvalue weighted by atomic mass is 10.1. The van der Waals surface area contributed by atoms with Gasteiger partial charge in [-0.15, -0.1) is 0 Å². The molecule has 0 aromatic carbocycles. The van der Waals surface area contributed by atoms with Gasteiger partial charge in [-0.2, -0.15) is 0 Å². The first-order valence-electron chi connectivity index (χ1n) is 7.16. The van der Waals surface area contributed by atoms with Gasteiger partial charge in [0.2, 0.25) is 0 Å². The van der Waals surface area contributed by atoms with Crippen LogP contribution in [0.15, 0.2) is 0 Å². The van der Waals surface area contributed by atoms with Crippen LogP contribution in [0, 0.1) is 0 Å². The highest BCUT2D eigenvalue weighted by molar-refractivity contribution is 4.65. The molecule has 0 amide bonds. The molecule has 0 aromatic rings. The third-order valence-electron chi connectivity index (χ3n) is 3.20. The van der Waals surface area contributed by atoms with E-state index in [1.165, 1.54) is 38.8 Å². The maximum Gasteiger partial charge on any atom is 0.0106 e. The second-order valence-electron chi connectivity index (χ2n) is 5.31. The van der Waals surface area contributed by atoms with Crippen LogP contribution in [0.1, 0.15) is 39.5 Å². The third kappa shape index (κ3) is 10.7. The molecule has 3 nitrogen and oxygen atoms in total. The van der Waals surface area contributed by atoms with E-state index >= 15 is 0 Å². The van der Waals surface area contributed by atoms with Gasteiger partial charge in [-0.3, -0.25) is 0 Å². The molecule has 0 fully saturated rings. The summed E-state index contributed by atoms with van der Waals surface area (Å²) in [7, 11) is 6.50. The fourth-order valence-electron chi connectivity index (χ4n) is 1.89. The SMILES string of the molecule is CCCNC(CC)CCCN(C)CCN(C)C. The van der Waals surface area contributed by atoms with Crippen molar-refractivity contribution in [3.63, 3.8) is 0 Å². The molecule has 0 aliphatic carbocycles. The maximum absolute atomic E-state index is 3.62. The second-order valence-corrected chi connectivity index (χ2v) is 5.31. The van der Waals surface area contributed by atoms with Crippen molar-refractivity contribution in [2.75, 3.05) is 47.3 Å². The molecule has 0 rings (SSSR count). The molecule has 0 saturated carbocycles. The van der Waals surface area contributed by atoms with Crippen LogP contribution in [0.2, 0.25) is 0 Å². The van der Waals surface area contributed by atoms with Crippen molar-refractivity contribution in [3.8, 4) is 0 Å². The Bertz CT molecular complexity index is 160. The van der Waals surface area contributed by atoms with Gasteiger partial charge >= 0.3 is 0 Å². The van der Waals surface area contributed by atoms with Crippen LogP contribution in [0.25, 0.3) is 0 Å². The zero-order chi connectivity index (χ0) is 13.1. The molecule has 1 atom stereocenters. The van der Waals surface area contributed by atoms with Crippen LogP contribution in [0.3, 0.4) is 0 Å². The van der Waals surface area contributed by atoms with Crippen molar-refractivity contribution in [1.82, 2.24) is 15.1 Å². The lowest BCUT2D eigenvalue weighted by molar-refractivity contribution is 0.272. The zero-order valence-corrected chi connectivity index (χ0v) is 12.6. The minimum absolute atomic E-state index is 0.720. The lowest BCUT2D eigenvalue weighted by Crippen LogP contribution is -2.32. The Kier molecular flexibility index (Phi) is 10.9. The van der Waals surface area contributed by atoms with Crippen LogP contribution in [-0.2, 0) is 0 Å². The first-order chi connectivity index (χ1) is 8.10. The largest absolute Gasteiger partial charge is 0.314 e. The van der Waals surface area contributed by atoms with Crippen molar-refractivity contribution in [1.29, 1.82) is 0 Å². The van der Waals surface area contributed by atoms with Crippen LogP contribution < -0.4 is 5.32 Å². The first kappa shape index (κ1) is 16.9. The fraction of sp³-hybridized carbons (Fsp3) is 1.00. The highest BCUT2D eigenvalue weighted by Crippen LogP contribution is 2.02. The van der Waals surface area contributed by atoms with E-state index < -0.39 is 0 Å². The molecule has 0 bridgehead atoms. The zero-order valence-electron chi connectivity index (χ0n) is 12.6. The summed E-state index contributed by atoms with van der Waals surface area (Å²) < 4.78 is 0. The average molecular weight is 243 g/mol. The number of hydrogen-bond donors (Lipinski definition) is 1. The molecule has 0 heterocycles. The van der Waals surface area contributed by atoms with E-state index in [2.05, 4.69) is 50.1 Å². The standard InChI is InChI=1S/C14H33N3/c1-6-10-15-14(7-2)9-8-11-17(5)13-12-16(3)4/h14-15H,6-13H2,1-5H3. The first-order valence-corrected chi connectivity index (χ1v) is 7.16. The van der Waals surface area contributed by atoms with Crippen LogP contribution >= 0.6 is 0 Å². The summed E-state index contributed by atoms with van der Waals surface area (Å²) in [5, 5.41) is 3.62. The summed E-state index contributed by atoms with van der Waals surface area (Å²) in [5.41, 5.74) is 0. The number of nitrogens with one attached hydrogen (secondary N) is 1. The quantitative estimate of drug-likeness (QED) is 0.599. The van der Waals surface area contributed by atoms with E-state index in [9.17, 15) is 0 Å². The minimum atomic E-state index is 0.720. The molecule has 0 radical (unpaired) electrons. The van der Waals surface area contributed by atoms with Gasteiger partial charge in [-0.1, -0.05) is 13.8 Å². The van der Waals surface area contributed by atoms with E-state index in [4.69, 9.17) is 0 Å². The Morgan fingerprint density at radius 2 is 1.71 bits per heavy atom. The number of rotatable bonds is 11. The molecule has 104 valence electrons. The Labute approximate surface area is 109 Å². The lowest BCUT2D eigenvalue weighted by Gasteiger charge is -2.21. The Morgan fingerprint density at radius 1 is 1.00 bits per heavy atom. The van der Waals surface area contributed by atoms with Crippen molar-refractivity contribution < 1.29 is 0 Å². The number of nitrogens with zero attached hydrogens (tertiary/aromatic N) is 2. The summed E-state index contributed by atoms with van der Waals surface area (Å²) in [6, 6.07) is 0.720. The number of likely N-dealkylation sites (N-methyl/N-ethyl adjacent to an activating group) is 2. The Hall–Kier alpha value is -0.120. The van der Waals surface area contributed by atoms with Gasteiger partial charge < -0.3 is 15.1 Å². The van der Waals surface area contributed by atoms with E-state index in [0.717, 1.165) is 19.1 Å². The Morgan fingerprint density at radius 3 is 2.24 bits per heavy atom. The van der Waals surface area contributed by atoms with E-state index in [1.807, 2.05) is 0 Å². The predicted molar refractivity (Wildman–Crippen MR) is 77.7 cm³/mol.